The summed E-state index contributed by atoms with van der Waals surface area (Å²) in [5.74, 6) is 0. The van der Waals surface area contributed by atoms with Crippen LogP contribution in [0.1, 0.15) is 48.0 Å². The number of hydrogen-bond donors (Lipinski definition) is 0. The molecule has 0 unspecified atom stereocenters. The molecule has 0 aliphatic heterocycles. The van der Waals surface area contributed by atoms with Gasteiger partial charge in [-0.15, -0.1) is 0 Å². The van der Waals surface area contributed by atoms with Gasteiger partial charge < -0.3 is 0 Å². The fourth-order valence-corrected chi connectivity index (χ4v) is 1.58. The van der Waals surface area contributed by atoms with Crippen LogP contribution in [0.2, 0.25) is 0 Å². The normalized spacial score (nSPS) is 13.5. The lowest BCUT2D eigenvalue weighted by Gasteiger charge is -2.04. The summed E-state index contributed by atoms with van der Waals surface area (Å²) in [7, 11) is 0. The largest absolute Gasteiger partial charge is 0.0961 e. The van der Waals surface area contributed by atoms with Crippen molar-refractivity contribution >= 4 is 0 Å². The molecule has 0 N–H and O–H groups in total. The van der Waals surface area contributed by atoms with Gasteiger partial charge in [-0.1, -0.05) is 67.7 Å². The average molecular weight is 282 g/mol. The van der Waals surface area contributed by atoms with Crippen LogP contribution in [0.5, 0.6) is 0 Å². The molecule has 21 heavy (non-hydrogen) atoms. The topological polar surface area (TPSA) is 0 Å². The second kappa shape index (κ2) is 9.99. The van der Waals surface area contributed by atoms with E-state index in [-0.39, 0.29) is 0 Å². The van der Waals surface area contributed by atoms with Gasteiger partial charge >= 0.3 is 0 Å². The molecule has 0 spiro atoms. The van der Waals surface area contributed by atoms with Crippen LogP contribution in [0.15, 0.2) is 83.1 Å². The third kappa shape index (κ3) is 8.86. The smallest absolute Gasteiger partial charge is 0.0297 e. The van der Waals surface area contributed by atoms with E-state index in [1.807, 2.05) is 19.1 Å². The quantitative estimate of drug-likeness (QED) is 0.447. The van der Waals surface area contributed by atoms with Crippen molar-refractivity contribution in [3.8, 4) is 0 Å². The molecule has 0 aliphatic rings. The number of rotatable bonds is 7. The zero-order valence-corrected chi connectivity index (χ0v) is 14.6. The van der Waals surface area contributed by atoms with Crippen molar-refractivity contribution in [2.45, 2.75) is 48.0 Å². The van der Waals surface area contributed by atoms with Crippen LogP contribution in [-0.4, -0.2) is 0 Å². The molecule has 114 valence electrons. The van der Waals surface area contributed by atoms with Crippen molar-refractivity contribution in [3.63, 3.8) is 0 Å². The third-order valence-corrected chi connectivity index (χ3v) is 3.19. The van der Waals surface area contributed by atoms with Gasteiger partial charge in [0.2, 0.25) is 0 Å². The molecule has 0 saturated carbocycles. The van der Waals surface area contributed by atoms with Crippen LogP contribution in [0.4, 0.5) is 0 Å². The van der Waals surface area contributed by atoms with Crippen LogP contribution in [0, 0.1) is 0 Å². The minimum absolute atomic E-state index is 0.972. The van der Waals surface area contributed by atoms with Crippen LogP contribution < -0.4 is 0 Å². The Kier molecular flexibility index (Phi) is 9.12. The Morgan fingerprint density at radius 3 is 1.71 bits per heavy atom. The third-order valence-electron chi connectivity index (χ3n) is 3.19. The van der Waals surface area contributed by atoms with Gasteiger partial charge in [0.1, 0.15) is 0 Å². The molecule has 0 aromatic heterocycles. The molecule has 0 bridgehead atoms. The molecular weight excluding hydrogens is 252 g/mol. The fourth-order valence-electron chi connectivity index (χ4n) is 1.58. The second-order valence-corrected chi connectivity index (χ2v) is 5.69. The summed E-state index contributed by atoms with van der Waals surface area (Å²) >= 11 is 0. The van der Waals surface area contributed by atoms with E-state index in [0.717, 1.165) is 17.6 Å². The van der Waals surface area contributed by atoms with Crippen molar-refractivity contribution < 1.29 is 0 Å². The van der Waals surface area contributed by atoms with Gasteiger partial charge in [-0.3, -0.25) is 0 Å². The van der Waals surface area contributed by atoms with Crippen molar-refractivity contribution in [1.82, 2.24) is 0 Å². The van der Waals surface area contributed by atoms with Gasteiger partial charge in [0.25, 0.3) is 0 Å². The summed E-state index contributed by atoms with van der Waals surface area (Å²) < 4.78 is 0. The second-order valence-electron chi connectivity index (χ2n) is 5.69. The summed E-state index contributed by atoms with van der Waals surface area (Å²) in [6.07, 6.45) is 13.7. The van der Waals surface area contributed by atoms with Crippen LogP contribution in [-0.2, 0) is 0 Å². The van der Waals surface area contributed by atoms with Gasteiger partial charge in [-0.05, 0) is 63.3 Å². The molecule has 0 amide bonds. The Morgan fingerprint density at radius 2 is 1.29 bits per heavy atom. The fraction of sp³-hybridized carbons (Fsp3) is 0.333. The predicted octanol–water partition coefficient (Wildman–Crippen LogP) is 6.87. The molecular formula is C21H30. The molecule has 0 aliphatic carbocycles. The summed E-state index contributed by atoms with van der Waals surface area (Å²) in [6, 6.07) is 0. The standard InChI is InChI=1S/C21H30/c1-9-21(20(8)13-11-17(4)5)15-14-19(7)18(6)12-10-16(2)3/h10-15H,4,8-9H2,1-3,5-7H3/b13-11-,18-12+,19-14+,21-15+. The molecule has 0 aromatic carbocycles. The lowest BCUT2D eigenvalue weighted by atomic mass is 10.0. The van der Waals surface area contributed by atoms with Crippen molar-refractivity contribution in [2.75, 3.05) is 0 Å². The van der Waals surface area contributed by atoms with Crippen molar-refractivity contribution in [3.05, 3.63) is 83.1 Å². The number of hydrogen-bond acceptors (Lipinski definition) is 0. The highest BCUT2D eigenvalue weighted by Gasteiger charge is 1.96. The first kappa shape index (κ1) is 19.2. The summed E-state index contributed by atoms with van der Waals surface area (Å²) in [5, 5.41) is 0. The van der Waals surface area contributed by atoms with E-state index in [0.29, 0.717) is 0 Å². The minimum atomic E-state index is 0.972. The molecule has 0 aromatic rings. The Bertz CT molecular complexity index is 524. The molecule has 0 saturated heterocycles. The highest BCUT2D eigenvalue weighted by atomic mass is 14.0. The zero-order chi connectivity index (χ0) is 16.4. The predicted molar refractivity (Wildman–Crippen MR) is 98.4 cm³/mol. The maximum atomic E-state index is 4.13. The van der Waals surface area contributed by atoms with E-state index in [9.17, 15) is 0 Å². The minimum Gasteiger partial charge on any atom is -0.0961 e. The maximum absolute atomic E-state index is 4.13. The molecule has 0 radical (unpaired) electrons. The van der Waals surface area contributed by atoms with Gasteiger partial charge in [-0.2, -0.15) is 0 Å². The molecule has 0 fully saturated rings. The van der Waals surface area contributed by atoms with Gasteiger partial charge in [0.15, 0.2) is 0 Å². The van der Waals surface area contributed by atoms with Crippen LogP contribution >= 0.6 is 0 Å². The molecule has 0 heteroatoms. The molecule has 0 atom stereocenters. The van der Waals surface area contributed by atoms with E-state index in [1.54, 1.807) is 0 Å². The first-order valence-electron chi connectivity index (χ1n) is 7.50. The molecule has 0 heterocycles. The lowest BCUT2D eigenvalue weighted by molar-refractivity contribution is 1.13. The molecule has 0 nitrogen and oxygen atoms in total. The van der Waals surface area contributed by atoms with Crippen molar-refractivity contribution in [1.29, 1.82) is 0 Å². The Balaban J connectivity index is 5.14. The van der Waals surface area contributed by atoms with Crippen molar-refractivity contribution in [2.24, 2.45) is 0 Å². The zero-order valence-electron chi connectivity index (χ0n) is 14.6. The SMILES string of the molecule is C=C(C)/C=C\C(=C)/C(=C/C=C(C)/C(C)=C/C=C(C)C)CC. The van der Waals surface area contributed by atoms with E-state index < -0.39 is 0 Å². The number of allylic oxidation sites excluding steroid dienone is 12. The first-order valence-corrected chi connectivity index (χ1v) is 7.50. The highest BCUT2D eigenvalue weighted by molar-refractivity contribution is 5.43. The van der Waals surface area contributed by atoms with Crippen LogP contribution in [0.25, 0.3) is 0 Å². The van der Waals surface area contributed by atoms with Gasteiger partial charge in [0, 0.05) is 0 Å². The lowest BCUT2D eigenvalue weighted by Crippen LogP contribution is -1.84. The summed E-state index contributed by atoms with van der Waals surface area (Å²) in [5.41, 5.74) is 7.21. The summed E-state index contributed by atoms with van der Waals surface area (Å²) in [6.45, 7) is 20.6. The van der Waals surface area contributed by atoms with E-state index in [1.165, 1.54) is 22.3 Å². The highest BCUT2D eigenvalue weighted by Crippen LogP contribution is 2.16. The Labute approximate surface area is 131 Å². The Morgan fingerprint density at radius 1 is 0.762 bits per heavy atom. The van der Waals surface area contributed by atoms with Crippen LogP contribution in [0.3, 0.4) is 0 Å². The molecule has 0 rings (SSSR count). The van der Waals surface area contributed by atoms with Gasteiger partial charge in [0.05, 0.1) is 0 Å². The first-order chi connectivity index (χ1) is 9.77. The van der Waals surface area contributed by atoms with E-state index in [4.69, 9.17) is 0 Å². The van der Waals surface area contributed by atoms with E-state index in [2.05, 4.69) is 72.1 Å². The average Bonchev–Trinajstić information content (AvgIpc) is 2.42. The maximum Gasteiger partial charge on any atom is -0.0297 e. The monoisotopic (exact) mass is 282 g/mol. The van der Waals surface area contributed by atoms with E-state index >= 15 is 0 Å². The summed E-state index contributed by atoms with van der Waals surface area (Å²) in [4.78, 5) is 0. The Hall–Kier alpha value is -1.82. The van der Waals surface area contributed by atoms with Gasteiger partial charge in [-0.25, -0.2) is 0 Å².